The average Bonchev–Trinajstić information content (AvgIpc) is 2.93. The van der Waals surface area contributed by atoms with Crippen molar-refractivity contribution in [2.24, 2.45) is 5.73 Å². The van der Waals surface area contributed by atoms with Gasteiger partial charge in [0, 0.05) is 23.4 Å². The third-order valence-corrected chi connectivity index (χ3v) is 4.12. The minimum atomic E-state index is 0.418. The molecule has 0 amide bonds. The van der Waals surface area contributed by atoms with E-state index in [-0.39, 0.29) is 0 Å². The molecule has 0 aliphatic carbocycles. The van der Waals surface area contributed by atoms with Crippen LogP contribution in [0.15, 0.2) is 23.6 Å². The van der Waals surface area contributed by atoms with Crippen LogP contribution in [0.3, 0.4) is 0 Å². The fraction of sp³-hybridized carbons (Fsp3) is 0.400. The molecule has 0 aliphatic rings. The van der Waals surface area contributed by atoms with Crippen LogP contribution in [0.5, 0.6) is 11.5 Å². The summed E-state index contributed by atoms with van der Waals surface area (Å²) < 4.78 is 11.2. The Morgan fingerprint density at radius 2 is 2.15 bits per heavy atom. The SMILES string of the molecule is COc1cccc(CN)c1OCc1csc(C(C)C)n1. The molecule has 0 saturated carbocycles. The first-order chi connectivity index (χ1) is 9.65. The number of hydrogen-bond donors (Lipinski definition) is 1. The summed E-state index contributed by atoms with van der Waals surface area (Å²) >= 11 is 1.67. The molecule has 1 heterocycles. The number of methoxy groups -OCH3 is 1. The van der Waals surface area contributed by atoms with Gasteiger partial charge in [-0.1, -0.05) is 26.0 Å². The summed E-state index contributed by atoms with van der Waals surface area (Å²) in [6.45, 7) is 5.11. The van der Waals surface area contributed by atoms with E-state index in [4.69, 9.17) is 15.2 Å². The fourth-order valence-electron chi connectivity index (χ4n) is 1.85. The molecule has 2 rings (SSSR count). The highest BCUT2D eigenvalue weighted by Gasteiger charge is 2.11. The summed E-state index contributed by atoms with van der Waals surface area (Å²) in [6, 6.07) is 5.72. The lowest BCUT2D eigenvalue weighted by Gasteiger charge is -2.13. The molecule has 0 bridgehead atoms. The van der Waals surface area contributed by atoms with Gasteiger partial charge in [0.05, 0.1) is 17.8 Å². The van der Waals surface area contributed by atoms with Gasteiger partial charge in [-0.05, 0) is 6.07 Å². The summed E-state index contributed by atoms with van der Waals surface area (Å²) in [7, 11) is 1.63. The maximum atomic E-state index is 5.87. The maximum Gasteiger partial charge on any atom is 0.166 e. The molecule has 0 saturated heterocycles. The van der Waals surface area contributed by atoms with Crippen molar-refractivity contribution in [2.45, 2.75) is 32.9 Å². The van der Waals surface area contributed by atoms with E-state index in [0.717, 1.165) is 16.3 Å². The van der Waals surface area contributed by atoms with Crippen LogP contribution in [0.25, 0.3) is 0 Å². The van der Waals surface area contributed by atoms with Crippen LogP contribution in [0.2, 0.25) is 0 Å². The number of ether oxygens (including phenoxy) is 2. The van der Waals surface area contributed by atoms with E-state index in [1.165, 1.54) is 0 Å². The quantitative estimate of drug-likeness (QED) is 0.887. The van der Waals surface area contributed by atoms with Gasteiger partial charge in [0.15, 0.2) is 11.5 Å². The van der Waals surface area contributed by atoms with Gasteiger partial charge < -0.3 is 15.2 Å². The third-order valence-electron chi connectivity index (χ3n) is 2.93. The monoisotopic (exact) mass is 292 g/mol. The van der Waals surface area contributed by atoms with Crippen LogP contribution < -0.4 is 15.2 Å². The van der Waals surface area contributed by atoms with Gasteiger partial charge in [0.2, 0.25) is 0 Å². The van der Waals surface area contributed by atoms with Gasteiger partial charge in [0.25, 0.3) is 0 Å². The second kappa shape index (κ2) is 6.72. The lowest BCUT2D eigenvalue weighted by atomic mass is 10.2. The van der Waals surface area contributed by atoms with E-state index in [9.17, 15) is 0 Å². The molecule has 4 nitrogen and oxygen atoms in total. The largest absolute Gasteiger partial charge is 0.493 e. The smallest absolute Gasteiger partial charge is 0.166 e. The molecule has 0 spiro atoms. The Morgan fingerprint density at radius 1 is 1.35 bits per heavy atom. The Balaban J connectivity index is 2.13. The summed E-state index contributed by atoms with van der Waals surface area (Å²) in [5, 5.41) is 3.16. The molecule has 2 N–H and O–H groups in total. The lowest BCUT2D eigenvalue weighted by molar-refractivity contribution is 0.278. The number of benzene rings is 1. The molecule has 0 fully saturated rings. The van der Waals surface area contributed by atoms with E-state index in [1.807, 2.05) is 23.6 Å². The highest BCUT2D eigenvalue weighted by atomic mass is 32.1. The van der Waals surface area contributed by atoms with Gasteiger partial charge in [-0.25, -0.2) is 4.98 Å². The first-order valence-electron chi connectivity index (χ1n) is 6.58. The first-order valence-corrected chi connectivity index (χ1v) is 7.46. The standard InChI is InChI=1S/C15H20N2O2S/c1-10(2)15-17-12(9-20-15)8-19-14-11(7-16)5-4-6-13(14)18-3/h4-6,9-10H,7-8,16H2,1-3H3. The summed E-state index contributed by atoms with van der Waals surface area (Å²) in [5.41, 5.74) is 7.61. The normalized spacial score (nSPS) is 10.8. The van der Waals surface area contributed by atoms with Gasteiger partial charge in [-0.15, -0.1) is 11.3 Å². The van der Waals surface area contributed by atoms with Crippen LogP contribution in [0.4, 0.5) is 0 Å². The van der Waals surface area contributed by atoms with Crippen molar-refractivity contribution in [1.29, 1.82) is 0 Å². The molecule has 0 atom stereocenters. The maximum absolute atomic E-state index is 5.87. The molecule has 2 aromatic rings. The van der Waals surface area contributed by atoms with E-state index in [0.29, 0.717) is 30.6 Å². The van der Waals surface area contributed by atoms with Crippen LogP contribution in [0.1, 0.15) is 36.0 Å². The number of nitrogens with two attached hydrogens (primary N) is 1. The Kier molecular flexibility index (Phi) is 4.98. The van der Waals surface area contributed by atoms with E-state index >= 15 is 0 Å². The van der Waals surface area contributed by atoms with E-state index in [1.54, 1.807) is 18.4 Å². The van der Waals surface area contributed by atoms with Gasteiger partial charge in [-0.2, -0.15) is 0 Å². The minimum Gasteiger partial charge on any atom is -0.493 e. The van der Waals surface area contributed by atoms with Crippen LogP contribution in [-0.2, 0) is 13.2 Å². The van der Waals surface area contributed by atoms with Crippen LogP contribution >= 0.6 is 11.3 Å². The summed E-state index contributed by atoms with van der Waals surface area (Å²) in [5.74, 6) is 1.85. The van der Waals surface area contributed by atoms with Crippen LogP contribution in [0, 0.1) is 0 Å². The second-order valence-electron chi connectivity index (χ2n) is 4.77. The van der Waals surface area contributed by atoms with Crippen molar-refractivity contribution in [2.75, 3.05) is 7.11 Å². The zero-order valence-corrected chi connectivity index (χ0v) is 12.9. The summed E-state index contributed by atoms with van der Waals surface area (Å²) in [6.07, 6.45) is 0. The van der Waals surface area contributed by atoms with Gasteiger partial charge in [0.1, 0.15) is 6.61 Å². The molecule has 108 valence electrons. The molecular formula is C15H20N2O2S. The molecule has 0 unspecified atom stereocenters. The lowest BCUT2D eigenvalue weighted by Crippen LogP contribution is -2.04. The van der Waals surface area contributed by atoms with Gasteiger partial charge in [-0.3, -0.25) is 0 Å². The molecule has 1 aromatic carbocycles. The Morgan fingerprint density at radius 3 is 2.75 bits per heavy atom. The average molecular weight is 292 g/mol. The molecular weight excluding hydrogens is 272 g/mol. The van der Waals surface area contributed by atoms with Crippen molar-refractivity contribution in [3.05, 3.63) is 39.8 Å². The van der Waals surface area contributed by atoms with Gasteiger partial charge >= 0.3 is 0 Å². The van der Waals surface area contributed by atoms with Crippen LogP contribution in [-0.4, -0.2) is 12.1 Å². The van der Waals surface area contributed by atoms with Crippen molar-refractivity contribution in [3.8, 4) is 11.5 Å². The molecule has 20 heavy (non-hydrogen) atoms. The fourth-order valence-corrected chi connectivity index (χ4v) is 2.67. The zero-order valence-electron chi connectivity index (χ0n) is 12.1. The minimum absolute atomic E-state index is 0.418. The molecule has 5 heteroatoms. The van der Waals surface area contributed by atoms with Crippen molar-refractivity contribution >= 4 is 11.3 Å². The summed E-state index contributed by atoms with van der Waals surface area (Å²) in [4.78, 5) is 4.56. The molecule has 1 aromatic heterocycles. The van der Waals surface area contributed by atoms with E-state index < -0.39 is 0 Å². The number of hydrogen-bond acceptors (Lipinski definition) is 5. The topological polar surface area (TPSA) is 57.4 Å². The Hall–Kier alpha value is -1.59. The van der Waals surface area contributed by atoms with Crippen molar-refractivity contribution < 1.29 is 9.47 Å². The molecule has 0 radical (unpaired) electrons. The second-order valence-corrected chi connectivity index (χ2v) is 5.66. The number of aromatic nitrogens is 1. The number of thiazole rings is 1. The highest BCUT2D eigenvalue weighted by molar-refractivity contribution is 7.09. The third kappa shape index (κ3) is 3.29. The van der Waals surface area contributed by atoms with E-state index in [2.05, 4.69) is 18.8 Å². The Labute approximate surface area is 123 Å². The predicted molar refractivity (Wildman–Crippen MR) is 81.4 cm³/mol. The van der Waals surface area contributed by atoms with Crippen molar-refractivity contribution in [3.63, 3.8) is 0 Å². The Bertz CT molecular complexity index is 545. The molecule has 0 aliphatic heterocycles. The predicted octanol–water partition coefficient (Wildman–Crippen LogP) is 3.31. The number of para-hydroxylation sites is 1. The van der Waals surface area contributed by atoms with Crippen molar-refractivity contribution in [1.82, 2.24) is 4.98 Å². The number of nitrogens with zero attached hydrogens (tertiary/aromatic N) is 1. The number of rotatable bonds is 6. The first kappa shape index (κ1) is 14.8. The zero-order chi connectivity index (χ0) is 14.5. The highest BCUT2D eigenvalue weighted by Crippen LogP contribution is 2.31.